The average Bonchev–Trinajstić information content (AvgIpc) is 2.27. The fraction of sp³-hybridized carbons (Fsp3) is 0.0769. The highest BCUT2D eigenvalue weighted by atomic mass is 79.9. The molecule has 0 aliphatic carbocycles. The molecule has 1 aromatic carbocycles. The summed E-state index contributed by atoms with van der Waals surface area (Å²) in [5.41, 5.74) is 0.431. The summed E-state index contributed by atoms with van der Waals surface area (Å²) in [6.07, 6.45) is 6.28. The molecule has 0 saturated heterocycles. The van der Waals surface area contributed by atoms with Gasteiger partial charge in [-0.2, -0.15) is 0 Å². The van der Waals surface area contributed by atoms with E-state index in [0.717, 1.165) is 0 Å². The van der Waals surface area contributed by atoms with Crippen molar-refractivity contribution in [1.29, 1.82) is 0 Å². The van der Waals surface area contributed by atoms with Gasteiger partial charge in [0.15, 0.2) is 5.78 Å². The molecule has 2 nitrogen and oxygen atoms in total. The standard InChI is InChI=1S/C13H10BrFO2/c14-11-6-5-10(13(15)9-11)3-1-2-4-12(17)7-8-16/h1-6,8-9H,7H2. The Hall–Kier alpha value is -1.55. The van der Waals surface area contributed by atoms with Crippen LogP contribution in [0.3, 0.4) is 0 Å². The number of halogens is 2. The van der Waals surface area contributed by atoms with Gasteiger partial charge in [0, 0.05) is 10.0 Å². The molecule has 0 bridgehead atoms. The van der Waals surface area contributed by atoms with Crippen LogP contribution in [0.2, 0.25) is 0 Å². The van der Waals surface area contributed by atoms with Crippen LogP contribution in [0.1, 0.15) is 12.0 Å². The van der Waals surface area contributed by atoms with Gasteiger partial charge in [-0.3, -0.25) is 4.79 Å². The minimum atomic E-state index is -0.344. The van der Waals surface area contributed by atoms with Gasteiger partial charge >= 0.3 is 0 Å². The van der Waals surface area contributed by atoms with Gasteiger partial charge in [0.2, 0.25) is 0 Å². The molecule has 0 saturated carbocycles. The molecule has 1 aromatic rings. The molecular weight excluding hydrogens is 287 g/mol. The molecule has 0 heterocycles. The Bertz CT molecular complexity index is 478. The van der Waals surface area contributed by atoms with Gasteiger partial charge in [0.05, 0.1) is 6.42 Å². The predicted molar refractivity (Wildman–Crippen MR) is 68.0 cm³/mol. The van der Waals surface area contributed by atoms with Gasteiger partial charge in [0.25, 0.3) is 0 Å². The van der Waals surface area contributed by atoms with Crippen LogP contribution in [0, 0.1) is 5.82 Å². The topological polar surface area (TPSA) is 34.1 Å². The third-order valence-corrected chi connectivity index (χ3v) is 2.41. The van der Waals surface area contributed by atoms with E-state index in [1.54, 1.807) is 24.3 Å². The quantitative estimate of drug-likeness (QED) is 0.361. The average molecular weight is 297 g/mol. The molecule has 0 aromatic heterocycles. The number of benzene rings is 1. The third-order valence-electron chi connectivity index (χ3n) is 1.92. The van der Waals surface area contributed by atoms with E-state index in [1.807, 2.05) is 0 Å². The van der Waals surface area contributed by atoms with Gasteiger partial charge in [-0.25, -0.2) is 4.39 Å². The van der Waals surface area contributed by atoms with Crippen LogP contribution in [0.15, 0.2) is 40.9 Å². The molecule has 1 rings (SSSR count). The normalized spacial score (nSPS) is 11.2. The fourth-order valence-corrected chi connectivity index (χ4v) is 1.44. The summed E-state index contributed by atoms with van der Waals surface area (Å²) in [6.45, 7) is 0. The van der Waals surface area contributed by atoms with Crippen LogP contribution in [-0.2, 0) is 9.59 Å². The molecule has 0 spiro atoms. The largest absolute Gasteiger partial charge is 0.303 e. The first-order valence-corrected chi connectivity index (χ1v) is 5.69. The van der Waals surface area contributed by atoms with E-state index < -0.39 is 0 Å². The number of ketones is 1. The second-order valence-electron chi connectivity index (χ2n) is 3.22. The van der Waals surface area contributed by atoms with Gasteiger partial charge in [-0.15, -0.1) is 0 Å². The first kappa shape index (κ1) is 13.5. The number of hydrogen-bond donors (Lipinski definition) is 0. The summed E-state index contributed by atoms with van der Waals surface area (Å²) in [7, 11) is 0. The fourth-order valence-electron chi connectivity index (χ4n) is 1.11. The summed E-state index contributed by atoms with van der Waals surface area (Å²) < 4.78 is 14.0. The zero-order valence-electron chi connectivity index (χ0n) is 8.90. The maximum absolute atomic E-state index is 13.3. The van der Waals surface area contributed by atoms with Crippen LogP contribution in [-0.4, -0.2) is 12.1 Å². The molecule has 0 aliphatic heterocycles. The minimum absolute atomic E-state index is 0.128. The maximum atomic E-state index is 13.3. The van der Waals surface area contributed by atoms with Crippen molar-refractivity contribution in [2.24, 2.45) is 0 Å². The van der Waals surface area contributed by atoms with E-state index in [2.05, 4.69) is 15.9 Å². The summed E-state index contributed by atoms with van der Waals surface area (Å²) >= 11 is 3.16. The summed E-state index contributed by atoms with van der Waals surface area (Å²) in [5, 5.41) is 0. The number of rotatable bonds is 5. The molecule has 0 atom stereocenters. The highest BCUT2D eigenvalue weighted by Crippen LogP contribution is 2.16. The van der Waals surface area contributed by atoms with E-state index >= 15 is 0 Å². The number of aldehydes is 1. The zero-order chi connectivity index (χ0) is 12.7. The van der Waals surface area contributed by atoms with Crippen LogP contribution >= 0.6 is 15.9 Å². The smallest absolute Gasteiger partial charge is 0.162 e. The lowest BCUT2D eigenvalue weighted by atomic mass is 10.2. The highest BCUT2D eigenvalue weighted by Gasteiger charge is 1.97. The first-order chi connectivity index (χ1) is 8.13. The lowest BCUT2D eigenvalue weighted by molar-refractivity contribution is -0.118. The predicted octanol–water partition coefficient (Wildman–Crippen LogP) is 3.32. The van der Waals surface area contributed by atoms with Crippen molar-refractivity contribution < 1.29 is 14.0 Å². The lowest BCUT2D eigenvalue weighted by Gasteiger charge is -1.96. The molecule has 0 amide bonds. The molecule has 0 unspecified atom stereocenters. The Kier molecular flexibility index (Phi) is 5.49. The third kappa shape index (κ3) is 4.87. The molecule has 0 aliphatic rings. The zero-order valence-corrected chi connectivity index (χ0v) is 10.5. The van der Waals surface area contributed by atoms with E-state index in [1.165, 1.54) is 18.2 Å². The summed E-state index contributed by atoms with van der Waals surface area (Å²) in [5.74, 6) is -0.621. The van der Waals surface area contributed by atoms with Crippen LogP contribution in [0.5, 0.6) is 0 Å². The van der Waals surface area contributed by atoms with E-state index in [4.69, 9.17) is 0 Å². The van der Waals surface area contributed by atoms with E-state index in [-0.39, 0.29) is 18.0 Å². The Morgan fingerprint density at radius 3 is 2.76 bits per heavy atom. The molecule has 17 heavy (non-hydrogen) atoms. The monoisotopic (exact) mass is 296 g/mol. The van der Waals surface area contributed by atoms with Crippen molar-refractivity contribution in [2.75, 3.05) is 0 Å². The second kappa shape index (κ2) is 6.91. The Balaban J connectivity index is 2.65. The Labute approximate surface area is 107 Å². The Morgan fingerprint density at radius 1 is 1.35 bits per heavy atom. The number of carbonyl (C=O) groups is 2. The number of allylic oxidation sites excluding steroid dienone is 3. The van der Waals surface area contributed by atoms with Crippen LogP contribution < -0.4 is 0 Å². The van der Waals surface area contributed by atoms with Crippen molar-refractivity contribution in [3.8, 4) is 0 Å². The van der Waals surface area contributed by atoms with Crippen molar-refractivity contribution in [3.63, 3.8) is 0 Å². The van der Waals surface area contributed by atoms with Crippen LogP contribution in [0.4, 0.5) is 4.39 Å². The Morgan fingerprint density at radius 2 is 2.12 bits per heavy atom. The van der Waals surface area contributed by atoms with Gasteiger partial charge in [-0.1, -0.05) is 40.2 Å². The van der Waals surface area contributed by atoms with Gasteiger partial charge in [-0.05, 0) is 18.2 Å². The number of hydrogen-bond acceptors (Lipinski definition) is 2. The minimum Gasteiger partial charge on any atom is -0.303 e. The maximum Gasteiger partial charge on any atom is 0.162 e. The first-order valence-electron chi connectivity index (χ1n) is 4.89. The van der Waals surface area contributed by atoms with Crippen molar-refractivity contribution in [3.05, 3.63) is 52.3 Å². The van der Waals surface area contributed by atoms with E-state index in [0.29, 0.717) is 16.3 Å². The second-order valence-corrected chi connectivity index (χ2v) is 4.14. The lowest BCUT2D eigenvalue weighted by Crippen LogP contribution is -1.91. The molecule has 4 heteroatoms. The summed E-state index contributed by atoms with van der Waals surface area (Å²) in [4.78, 5) is 21.0. The van der Waals surface area contributed by atoms with Gasteiger partial charge < -0.3 is 4.79 Å². The van der Waals surface area contributed by atoms with Crippen molar-refractivity contribution in [1.82, 2.24) is 0 Å². The van der Waals surface area contributed by atoms with Crippen molar-refractivity contribution >= 4 is 34.1 Å². The van der Waals surface area contributed by atoms with Crippen LogP contribution in [0.25, 0.3) is 6.08 Å². The molecular formula is C13H10BrFO2. The van der Waals surface area contributed by atoms with E-state index in [9.17, 15) is 14.0 Å². The molecule has 0 N–H and O–H groups in total. The summed E-state index contributed by atoms with van der Waals surface area (Å²) in [6, 6.07) is 4.71. The molecule has 0 fully saturated rings. The molecule has 0 radical (unpaired) electrons. The molecule has 88 valence electrons. The number of carbonyl (C=O) groups excluding carboxylic acids is 2. The van der Waals surface area contributed by atoms with Gasteiger partial charge in [0.1, 0.15) is 12.1 Å². The SMILES string of the molecule is O=CCC(=O)C=CC=Cc1ccc(Br)cc1F. The highest BCUT2D eigenvalue weighted by molar-refractivity contribution is 9.10. The van der Waals surface area contributed by atoms with Crippen molar-refractivity contribution in [2.45, 2.75) is 6.42 Å².